The summed E-state index contributed by atoms with van der Waals surface area (Å²) < 4.78 is 5.57. The molecule has 35 heavy (non-hydrogen) atoms. The van der Waals surface area contributed by atoms with E-state index in [1.54, 1.807) is 0 Å². The highest BCUT2D eigenvalue weighted by atomic mass is 16.5. The molecule has 0 aliphatic heterocycles. The summed E-state index contributed by atoms with van der Waals surface area (Å²) in [5, 5.41) is 15.2. The van der Waals surface area contributed by atoms with Crippen molar-refractivity contribution in [1.82, 2.24) is 10.6 Å². The Morgan fingerprint density at radius 2 is 1.60 bits per heavy atom. The molecule has 7 nitrogen and oxygen atoms in total. The number of carbonyl (C=O) groups is 3. The maximum atomic E-state index is 12.9. The lowest BCUT2D eigenvalue weighted by molar-refractivity contribution is -0.143. The second kappa shape index (κ2) is 11.4. The van der Waals surface area contributed by atoms with Crippen LogP contribution in [0.25, 0.3) is 11.1 Å². The molecular weight excluding hydrogens is 444 g/mol. The number of fused-ring (bicyclic) bond motifs is 3. The minimum Gasteiger partial charge on any atom is -0.481 e. The third-order valence-electron chi connectivity index (χ3n) is 7.36. The molecule has 0 saturated heterocycles. The summed E-state index contributed by atoms with van der Waals surface area (Å²) in [6, 6.07) is 15.9. The summed E-state index contributed by atoms with van der Waals surface area (Å²) in [6.45, 7) is 2.24. The largest absolute Gasteiger partial charge is 0.481 e. The van der Waals surface area contributed by atoms with Crippen molar-refractivity contribution in [2.45, 2.75) is 57.4 Å². The molecule has 2 aliphatic carbocycles. The smallest absolute Gasteiger partial charge is 0.407 e. The maximum Gasteiger partial charge on any atom is 0.407 e. The Hall–Kier alpha value is -3.35. The SMILES string of the molecule is CCC(CNC(=O)OCC1c2ccccc2-c2ccccc21)C(=O)N[C@H]1CCCCC[C@H]1C(=O)O. The van der Waals surface area contributed by atoms with Crippen LogP contribution in [-0.2, 0) is 14.3 Å². The number of ether oxygens (including phenoxy) is 1. The van der Waals surface area contributed by atoms with Crippen LogP contribution in [0.15, 0.2) is 48.5 Å². The van der Waals surface area contributed by atoms with E-state index in [4.69, 9.17) is 4.74 Å². The zero-order valence-corrected chi connectivity index (χ0v) is 20.2. The van der Waals surface area contributed by atoms with Crippen molar-refractivity contribution in [3.63, 3.8) is 0 Å². The van der Waals surface area contributed by atoms with Gasteiger partial charge in [-0.05, 0) is 41.5 Å². The van der Waals surface area contributed by atoms with E-state index in [1.807, 2.05) is 31.2 Å². The number of hydrogen-bond donors (Lipinski definition) is 3. The van der Waals surface area contributed by atoms with Gasteiger partial charge in [0.1, 0.15) is 6.61 Å². The zero-order valence-electron chi connectivity index (χ0n) is 20.2. The summed E-state index contributed by atoms with van der Waals surface area (Å²) >= 11 is 0. The van der Waals surface area contributed by atoms with Crippen molar-refractivity contribution in [2.75, 3.05) is 13.2 Å². The van der Waals surface area contributed by atoms with Gasteiger partial charge in [-0.1, -0.05) is 74.7 Å². The van der Waals surface area contributed by atoms with Gasteiger partial charge in [-0.3, -0.25) is 9.59 Å². The number of aliphatic carboxylic acids is 1. The normalized spacial score (nSPS) is 20.1. The highest BCUT2D eigenvalue weighted by Gasteiger charge is 2.32. The molecule has 1 saturated carbocycles. The van der Waals surface area contributed by atoms with Crippen molar-refractivity contribution in [1.29, 1.82) is 0 Å². The Kier molecular flexibility index (Phi) is 8.06. The Balaban J connectivity index is 1.31. The topological polar surface area (TPSA) is 105 Å². The molecule has 186 valence electrons. The number of nitrogens with one attached hydrogen (secondary N) is 2. The summed E-state index contributed by atoms with van der Waals surface area (Å²) in [6.07, 6.45) is 3.97. The van der Waals surface area contributed by atoms with Gasteiger partial charge in [0, 0.05) is 18.5 Å². The van der Waals surface area contributed by atoms with Gasteiger partial charge >= 0.3 is 12.1 Å². The van der Waals surface area contributed by atoms with Crippen LogP contribution < -0.4 is 10.6 Å². The van der Waals surface area contributed by atoms with Gasteiger partial charge in [0.05, 0.1) is 11.8 Å². The molecule has 2 aromatic rings. The van der Waals surface area contributed by atoms with Gasteiger partial charge in [-0.15, -0.1) is 0 Å². The van der Waals surface area contributed by atoms with Gasteiger partial charge in [0.25, 0.3) is 0 Å². The van der Waals surface area contributed by atoms with Gasteiger partial charge in [0.15, 0.2) is 0 Å². The average molecular weight is 479 g/mol. The molecule has 0 heterocycles. The number of carbonyl (C=O) groups excluding carboxylic acids is 2. The Labute approximate surface area is 206 Å². The molecule has 0 aromatic heterocycles. The molecular formula is C28H34N2O5. The van der Waals surface area contributed by atoms with E-state index in [1.165, 1.54) is 0 Å². The number of rotatable bonds is 8. The molecule has 3 atom stereocenters. The third kappa shape index (κ3) is 5.66. The van der Waals surface area contributed by atoms with Crippen LogP contribution in [0.3, 0.4) is 0 Å². The van der Waals surface area contributed by atoms with Crippen molar-refractivity contribution in [3.8, 4) is 11.1 Å². The van der Waals surface area contributed by atoms with Crippen LogP contribution in [0.4, 0.5) is 4.79 Å². The molecule has 1 fully saturated rings. The molecule has 3 N–H and O–H groups in total. The molecule has 0 radical (unpaired) electrons. The zero-order chi connectivity index (χ0) is 24.8. The molecule has 0 bridgehead atoms. The number of amides is 2. The van der Waals surface area contributed by atoms with Crippen LogP contribution in [0, 0.1) is 11.8 Å². The lowest BCUT2D eigenvalue weighted by Crippen LogP contribution is -2.47. The summed E-state index contributed by atoms with van der Waals surface area (Å²) in [4.78, 5) is 37.0. The van der Waals surface area contributed by atoms with Crippen LogP contribution in [0.2, 0.25) is 0 Å². The lowest BCUT2D eigenvalue weighted by atomic mass is 9.94. The van der Waals surface area contributed by atoms with Crippen molar-refractivity contribution < 1.29 is 24.2 Å². The maximum absolute atomic E-state index is 12.9. The van der Waals surface area contributed by atoms with E-state index < -0.39 is 23.9 Å². The quantitative estimate of drug-likeness (QED) is 0.477. The van der Waals surface area contributed by atoms with Crippen molar-refractivity contribution >= 4 is 18.0 Å². The molecule has 2 aromatic carbocycles. The third-order valence-corrected chi connectivity index (χ3v) is 7.36. The molecule has 0 spiro atoms. The predicted molar refractivity (Wildman–Crippen MR) is 133 cm³/mol. The first-order valence-corrected chi connectivity index (χ1v) is 12.6. The van der Waals surface area contributed by atoms with Crippen LogP contribution in [0.5, 0.6) is 0 Å². The van der Waals surface area contributed by atoms with Gasteiger partial charge in [0.2, 0.25) is 5.91 Å². The van der Waals surface area contributed by atoms with Gasteiger partial charge < -0.3 is 20.5 Å². The molecule has 2 amide bonds. The summed E-state index contributed by atoms with van der Waals surface area (Å²) in [5.74, 6) is -2.12. The Bertz CT molecular complexity index is 1020. The minimum absolute atomic E-state index is 0.0263. The van der Waals surface area contributed by atoms with Gasteiger partial charge in [-0.2, -0.15) is 0 Å². The number of alkyl carbamates (subject to hydrolysis) is 1. The van der Waals surface area contributed by atoms with Gasteiger partial charge in [-0.25, -0.2) is 4.79 Å². The highest BCUT2D eigenvalue weighted by Crippen LogP contribution is 2.44. The molecule has 4 rings (SSSR count). The first-order valence-electron chi connectivity index (χ1n) is 12.6. The molecule has 1 unspecified atom stereocenters. The van der Waals surface area contributed by atoms with Crippen molar-refractivity contribution in [2.24, 2.45) is 11.8 Å². The van der Waals surface area contributed by atoms with E-state index in [2.05, 4.69) is 34.9 Å². The van der Waals surface area contributed by atoms with Crippen molar-refractivity contribution in [3.05, 3.63) is 59.7 Å². The van der Waals surface area contributed by atoms with E-state index in [0.29, 0.717) is 19.3 Å². The van der Waals surface area contributed by atoms with Crippen LogP contribution in [-0.4, -0.2) is 42.3 Å². The number of carboxylic acid groups (broad SMARTS) is 1. The fourth-order valence-electron chi connectivity index (χ4n) is 5.35. The highest BCUT2D eigenvalue weighted by molar-refractivity contribution is 5.81. The molecule has 2 aliphatic rings. The summed E-state index contributed by atoms with van der Waals surface area (Å²) in [7, 11) is 0. The Morgan fingerprint density at radius 1 is 0.971 bits per heavy atom. The monoisotopic (exact) mass is 478 g/mol. The minimum atomic E-state index is -0.859. The lowest BCUT2D eigenvalue weighted by Gasteiger charge is -2.25. The fraction of sp³-hybridized carbons (Fsp3) is 0.464. The standard InChI is InChI=1S/C28H34N2O5/c1-2-18(26(31)30-25-15-5-3-4-14-23(25)27(32)33)16-29-28(34)35-17-24-21-12-8-6-10-19(21)20-11-7-9-13-22(20)24/h6-13,18,23-25H,2-5,14-17H2,1H3,(H,29,34)(H,30,31)(H,32,33)/t18?,23-,25+/m1/s1. The fourth-order valence-corrected chi connectivity index (χ4v) is 5.35. The number of hydrogen-bond acceptors (Lipinski definition) is 4. The second-order valence-electron chi connectivity index (χ2n) is 9.51. The number of carboxylic acids is 1. The van der Waals surface area contributed by atoms with Crippen LogP contribution in [0.1, 0.15) is 62.5 Å². The van der Waals surface area contributed by atoms with E-state index in [9.17, 15) is 19.5 Å². The van der Waals surface area contributed by atoms with E-state index in [0.717, 1.165) is 41.5 Å². The first kappa shape index (κ1) is 24.8. The molecule has 7 heteroatoms. The average Bonchev–Trinajstić information content (AvgIpc) is 2.99. The van der Waals surface area contributed by atoms with Crippen LogP contribution >= 0.6 is 0 Å². The second-order valence-corrected chi connectivity index (χ2v) is 9.51. The number of benzene rings is 2. The Morgan fingerprint density at radius 3 is 2.23 bits per heavy atom. The van der Waals surface area contributed by atoms with E-state index >= 15 is 0 Å². The first-order chi connectivity index (χ1) is 17.0. The predicted octanol–water partition coefficient (Wildman–Crippen LogP) is 4.70. The summed E-state index contributed by atoms with van der Waals surface area (Å²) in [5.41, 5.74) is 4.61. The van der Waals surface area contributed by atoms with E-state index in [-0.39, 0.29) is 31.0 Å².